The molecular formula is C17H15NO2S. The average molecular weight is 297 g/mol. The summed E-state index contributed by atoms with van der Waals surface area (Å²) in [5, 5.41) is 2.92. The summed E-state index contributed by atoms with van der Waals surface area (Å²) in [5.74, 6) is -0.369. The van der Waals surface area contributed by atoms with Crippen molar-refractivity contribution >= 4 is 39.4 Å². The van der Waals surface area contributed by atoms with Crippen LogP contribution < -0.4 is 0 Å². The number of carbonyl (C=O) groups excluding carboxylic acids is 1. The van der Waals surface area contributed by atoms with E-state index in [1.165, 1.54) is 0 Å². The number of aromatic nitrogens is 1. The number of para-hydroxylation sites is 1. The number of hydrogen-bond donors (Lipinski definition) is 0. The number of pyridine rings is 1. The number of nitrogens with zero attached hydrogens (tertiary/aromatic N) is 1. The third-order valence-electron chi connectivity index (χ3n) is 3.38. The normalized spacial score (nSPS) is 11.0. The highest BCUT2D eigenvalue weighted by molar-refractivity contribution is 7.98. The molecule has 0 aliphatic rings. The van der Waals surface area contributed by atoms with Crippen LogP contribution in [0.1, 0.15) is 17.4 Å². The molecule has 0 saturated heterocycles. The van der Waals surface area contributed by atoms with Crippen molar-refractivity contribution in [1.82, 2.24) is 4.98 Å². The van der Waals surface area contributed by atoms with Crippen LogP contribution in [0.25, 0.3) is 21.7 Å². The van der Waals surface area contributed by atoms with E-state index in [1.807, 2.05) is 42.7 Å². The van der Waals surface area contributed by atoms with E-state index in [9.17, 15) is 4.79 Å². The highest BCUT2D eigenvalue weighted by Crippen LogP contribution is 2.30. The lowest BCUT2D eigenvalue weighted by Gasteiger charge is -2.10. The summed E-state index contributed by atoms with van der Waals surface area (Å²) in [6.07, 6.45) is 2.01. The van der Waals surface area contributed by atoms with Gasteiger partial charge in [0.25, 0.3) is 0 Å². The number of rotatable bonds is 3. The van der Waals surface area contributed by atoms with Gasteiger partial charge < -0.3 is 4.74 Å². The van der Waals surface area contributed by atoms with Crippen LogP contribution in [0.3, 0.4) is 0 Å². The van der Waals surface area contributed by atoms with Gasteiger partial charge >= 0.3 is 5.97 Å². The molecule has 0 radical (unpaired) electrons. The molecule has 0 unspecified atom stereocenters. The van der Waals surface area contributed by atoms with Crippen LogP contribution in [0.15, 0.2) is 47.4 Å². The van der Waals surface area contributed by atoms with Gasteiger partial charge in [0.15, 0.2) is 5.69 Å². The third kappa shape index (κ3) is 2.47. The predicted octanol–water partition coefficient (Wildman–Crippen LogP) is 4.29. The SMILES string of the molecule is CCOC(=O)c1nc2ccccc2c2ccc(SC)cc12. The number of fused-ring (bicyclic) bond motifs is 3. The maximum Gasteiger partial charge on any atom is 0.357 e. The Kier molecular flexibility index (Phi) is 3.80. The van der Waals surface area contributed by atoms with Crippen molar-refractivity contribution in [3.63, 3.8) is 0 Å². The van der Waals surface area contributed by atoms with Crippen molar-refractivity contribution in [2.75, 3.05) is 12.9 Å². The molecule has 0 aliphatic heterocycles. The summed E-state index contributed by atoms with van der Waals surface area (Å²) in [7, 11) is 0. The summed E-state index contributed by atoms with van der Waals surface area (Å²) in [6, 6.07) is 14.0. The van der Waals surface area contributed by atoms with E-state index < -0.39 is 0 Å². The average Bonchev–Trinajstić information content (AvgIpc) is 2.53. The lowest BCUT2D eigenvalue weighted by molar-refractivity contribution is 0.0522. The molecular weight excluding hydrogens is 282 g/mol. The molecule has 3 nitrogen and oxygen atoms in total. The Balaban J connectivity index is 2.38. The van der Waals surface area contributed by atoms with Crippen molar-refractivity contribution in [3.05, 3.63) is 48.2 Å². The Morgan fingerprint density at radius 1 is 1.14 bits per heavy atom. The summed E-state index contributed by atoms with van der Waals surface area (Å²) >= 11 is 1.64. The lowest BCUT2D eigenvalue weighted by Crippen LogP contribution is -2.08. The molecule has 3 rings (SSSR count). The molecule has 0 amide bonds. The first-order valence-electron chi connectivity index (χ1n) is 6.78. The summed E-state index contributed by atoms with van der Waals surface area (Å²) in [6.45, 7) is 2.14. The third-order valence-corrected chi connectivity index (χ3v) is 4.10. The van der Waals surface area contributed by atoms with Gasteiger partial charge in [-0.05, 0) is 36.8 Å². The summed E-state index contributed by atoms with van der Waals surface area (Å²) < 4.78 is 5.15. The molecule has 0 N–H and O–H groups in total. The second-order valence-electron chi connectivity index (χ2n) is 4.61. The van der Waals surface area contributed by atoms with Gasteiger partial charge in [0.05, 0.1) is 12.1 Å². The van der Waals surface area contributed by atoms with Crippen LogP contribution in [-0.2, 0) is 4.74 Å². The summed E-state index contributed by atoms with van der Waals surface area (Å²) in [5.41, 5.74) is 1.20. The number of benzene rings is 2. The molecule has 106 valence electrons. The van der Waals surface area contributed by atoms with E-state index in [0.29, 0.717) is 12.3 Å². The monoisotopic (exact) mass is 297 g/mol. The maximum atomic E-state index is 12.2. The number of thioether (sulfide) groups is 1. The fourth-order valence-electron chi connectivity index (χ4n) is 2.42. The number of hydrogen-bond acceptors (Lipinski definition) is 4. The van der Waals surface area contributed by atoms with Crippen LogP contribution in [0.5, 0.6) is 0 Å². The first-order valence-corrected chi connectivity index (χ1v) is 8.00. The van der Waals surface area contributed by atoms with Crippen molar-refractivity contribution in [3.8, 4) is 0 Å². The van der Waals surface area contributed by atoms with Gasteiger partial charge in [0.2, 0.25) is 0 Å². The van der Waals surface area contributed by atoms with Crippen LogP contribution in [0.4, 0.5) is 0 Å². The first-order chi connectivity index (χ1) is 10.2. The van der Waals surface area contributed by atoms with Crippen molar-refractivity contribution in [2.24, 2.45) is 0 Å². The fourth-order valence-corrected chi connectivity index (χ4v) is 2.86. The molecule has 21 heavy (non-hydrogen) atoms. The van der Waals surface area contributed by atoms with Crippen molar-refractivity contribution in [1.29, 1.82) is 0 Å². The molecule has 0 atom stereocenters. The topological polar surface area (TPSA) is 39.2 Å². The molecule has 2 aromatic carbocycles. The molecule has 1 heterocycles. The fraction of sp³-hybridized carbons (Fsp3) is 0.176. The zero-order chi connectivity index (χ0) is 14.8. The largest absolute Gasteiger partial charge is 0.461 e. The highest BCUT2D eigenvalue weighted by atomic mass is 32.2. The Labute approximate surface area is 127 Å². The Bertz CT molecular complexity index is 829. The van der Waals surface area contributed by atoms with E-state index in [1.54, 1.807) is 18.7 Å². The molecule has 0 fully saturated rings. The van der Waals surface area contributed by atoms with Crippen LogP contribution in [-0.4, -0.2) is 23.8 Å². The van der Waals surface area contributed by atoms with E-state index in [2.05, 4.69) is 11.1 Å². The Hall–Kier alpha value is -2.07. The lowest BCUT2D eigenvalue weighted by atomic mass is 10.0. The van der Waals surface area contributed by atoms with Crippen LogP contribution in [0.2, 0.25) is 0 Å². The molecule has 0 saturated carbocycles. The molecule has 1 aromatic heterocycles. The number of carbonyl (C=O) groups is 1. The van der Waals surface area contributed by atoms with E-state index in [0.717, 1.165) is 26.6 Å². The highest BCUT2D eigenvalue weighted by Gasteiger charge is 2.16. The van der Waals surface area contributed by atoms with Gasteiger partial charge in [0.1, 0.15) is 0 Å². The van der Waals surface area contributed by atoms with E-state index in [4.69, 9.17) is 4.74 Å². The van der Waals surface area contributed by atoms with Gasteiger partial charge in [-0.3, -0.25) is 0 Å². The van der Waals surface area contributed by atoms with Gasteiger partial charge in [0, 0.05) is 15.7 Å². The minimum atomic E-state index is -0.369. The Morgan fingerprint density at radius 2 is 1.95 bits per heavy atom. The van der Waals surface area contributed by atoms with E-state index in [-0.39, 0.29) is 5.97 Å². The van der Waals surface area contributed by atoms with Crippen LogP contribution >= 0.6 is 11.8 Å². The second kappa shape index (κ2) is 5.74. The standard InChI is InChI=1S/C17H15NO2S/c1-3-20-17(19)16-14-10-11(21-2)8-9-12(14)13-6-4-5-7-15(13)18-16/h4-10H,3H2,1-2H3. The van der Waals surface area contributed by atoms with E-state index >= 15 is 0 Å². The smallest absolute Gasteiger partial charge is 0.357 e. The number of ether oxygens (including phenoxy) is 1. The predicted molar refractivity (Wildman–Crippen MR) is 87.0 cm³/mol. The molecule has 0 bridgehead atoms. The minimum absolute atomic E-state index is 0.344. The molecule has 0 aliphatic carbocycles. The Morgan fingerprint density at radius 3 is 2.71 bits per heavy atom. The molecule has 3 aromatic rings. The molecule has 0 spiro atoms. The first kappa shape index (κ1) is 13.9. The van der Waals surface area contributed by atoms with Gasteiger partial charge in [-0.2, -0.15) is 0 Å². The minimum Gasteiger partial charge on any atom is -0.461 e. The second-order valence-corrected chi connectivity index (χ2v) is 5.49. The number of esters is 1. The zero-order valence-electron chi connectivity index (χ0n) is 11.9. The summed E-state index contributed by atoms with van der Waals surface area (Å²) in [4.78, 5) is 17.8. The maximum absolute atomic E-state index is 12.2. The van der Waals surface area contributed by atoms with Gasteiger partial charge in [-0.1, -0.05) is 24.3 Å². The van der Waals surface area contributed by atoms with Gasteiger partial charge in [-0.25, -0.2) is 9.78 Å². The van der Waals surface area contributed by atoms with Crippen molar-refractivity contribution in [2.45, 2.75) is 11.8 Å². The zero-order valence-corrected chi connectivity index (χ0v) is 12.7. The van der Waals surface area contributed by atoms with Crippen LogP contribution in [0, 0.1) is 0 Å². The molecule has 4 heteroatoms. The quantitative estimate of drug-likeness (QED) is 0.411. The van der Waals surface area contributed by atoms with Gasteiger partial charge in [-0.15, -0.1) is 11.8 Å². The van der Waals surface area contributed by atoms with Crippen molar-refractivity contribution < 1.29 is 9.53 Å².